The first-order chi connectivity index (χ1) is 16.4. The zero-order valence-electron chi connectivity index (χ0n) is 19.0. The standard InChI is InChI=1S/C28H25N3O3/c1-18(2)15-26(32)28(34)29-22-10-6-9-20(16-22)27(33)21-12-13-23-24(30-31-25(23)17-21)14-11-19-7-4-3-5-8-19/h3-14,16-18H,15H2,1-2H3,(H,29,34)(H,30,31)/b14-11+. The van der Waals surface area contributed by atoms with E-state index in [1.54, 1.807) is 36.4 Å². The molecule has 0 spiro atoms. The molecule has 0 atom stereocenters. The van der Waals surface area contributed by atoms with Crippen molar-refractivity contribution in [3.05, 3.63) is 95.2 Å². The third-order valence-corrected chi connectivity index (χ3v) is 5.32. The Morgan fingerprint density at radius 2 is 1.68 bits per heavy atom. The molecule has 3 aromatic carbocycles. The van der Waals surface area contributed by atoms with E-state index in [0.717, 1.165) is 22.2 Å². The fraction of sp³-hybridized carbons (Fsp3) is 0.143. The highest BCUT2D eigenvalue weighted by Gasteiger charge is 2.17. The van der Waals surface area contributed by atoms with E-state index in [4.69, 9.17) is 0 Å². The first kappa shape index (κ1) is 22.9. The molecule has 6 nitrogen and oxygen atoms in total. The van der Waals surface area contributed by atoms with Gasteiger partial charge in [-0.1, -0.05) is 68.5 Å². The second-order valence-electron chi connectivity index (χ2n) is 8.50. The lowest BCUT2D eigenvalue weighted by Gasteiger charge is -2.08. The average Bonchev–Trinajstić information content (AvgIpc) is 3.25. The van der Waals surface area contributed by atoms with E-state index in [2.05, 4.69) is 15.5 Å². The minimum absolute atomic E-state index is 0.0953. The molecular formula is C28H25N3O3. The second-order valence-corrected chi connectivity index (χ2v) is 8.50. The highest BCUT2D eigenvalue weighted by atomic mass is 16.2. The number of carbonyl (C=O) groups is 3. The summed E-state index contributed by atoms with van der Waals surface area (Å²) in [5, 5.41) is 10.9. The number of rotatable bonds is 8. The summed E-state index contributed by atoms with van der Waals surface area (Å²) >= 11 is 0. The summed E-state index contributed by atoms with van der Waals surface area (Å²) in [6.07, 6.45) is 4.10. The first-order valence-corrected chi connectivity index (χ1v) is 11.1. The minimum atomic E-state index is -0.673. The van der Waals surface area contributed by atoms with E-state index in [-0.39, 0.29) is 18.1 Å². The van der Waals surface area contributed by atoms with E-state index < -0.39 is 11.7 Å². The number of carbonyl (C=O) groups excluding carboxylic acids is 3. The molecule has 170 valence electrons. The second kappa shape index (κ2) is 10.1. The molecular weight excluding hydrogens is 426 g/mol. The number of fused-ring (bicyclic) bond motifs is 1. The highest BCUT2D eigenvalue weighted by molar-refractivity contribution is 6.40. The SMILES string of the molecule is CC(C)CC(=O)C(=O)Nc1cccc(C(=O)c2ccc3c(/C=C/c4ccccc4)n[nH]c3c2)c1. The van der Waals surface area contributed by atoms with E-state index in [0.29, 0.717) is 16.8 Å². The molecule has 0 fully saturated rings. The summed E-state index contributed by atoms with van der Waals surface area (Å²) in [5.74, 6) is -1.25. The third kappa shape index (κ3) is 5.35. The molecule has 0 saturated carbocycles. The van der Waals surface area contributed by atoms with Crippen molar-refractivity contribution in [2.45, 2.75) is 20.3 Å². The normalized spacial score (nSPS) is 11.3. The van der Waals surface area contributed by atoms with Gasteiger partial charge in [0, 0.05) is 28.6 Å². The van der Waals surface area contributed by atoms with Crippen LogP contribution in [-0.4, -0.2) is 27.7 Å². The van der Waals surface area contributed by atoms with Crippen LogP contribution in [0.3, 0.4) is 0 Å². The smallest absolute Gasteiger partial charge is 0.291 e. The van der Waals surface area contributed by atoms with Gasteiger partial charge in [0.15, 0.2) is 5.78 Å². The molecule has 0 radical (unpaired) electrons. The zero-order valence-corrected chi connectivity index (χ0v) is 19.0. The number of benzene rings is 3. The molecule has 6 heteroatoms. The van der Waals surface area contributed by atoms with Crippen LogP contribution in [-0.2, 0) is 9.59 Å². The fourth-order valence-corrected chi connectivity index (χ4v) is 3.62. The number of H-pyrrole nitrogens is 1. The van der Waals surface area contributed by atoms with Gasteiger partial charge >= 0.3 is 0 Å². The maximum absolute atomic E-state index is 13.1. The Morgan fingerprint density at radius 1 is 0.912 bits per heavy atom. The number of hydrogen-bond donors (Lipinski definition) is 2. The molecule has 0 saturated heterocycles. The predicted octanol–water partition coefficient (Wildman–Crippen LogP) is 5.52. The molecule has 1 heterocycles. The maximum atomic E-state index is 13.1. The Balaban J connectivity index is 1.52. The number of aromatic amines is 1. The van der Waals surface area contributed by atoms with Gasteiger partial charge in [0.2, 0.25) is 5.78 Å². The van der Waals surface area contributed by atoms with Gasteiger partial charge in [-0.15, -0.1) is 0 Å². The Labute approximate surface area is 197 Å². The number of nitrogens with one attached hydrogen (secondary N) is 2. The Kier molecular flexibility index (Phi) is 6.78. The summed E-state index contributed by atoms with van der Waals surface area (Å²) in [6, 6.07) is 21.9. The molecule has 0 aliphatic rings. The van der Waals surface area contributed by atoms with Gasteiger partial charge in [-0.3, -0.25) is 19.5 Å². The number of aromatic nitrogens is 2. The van der Waals surface area contributed by atoms with Gasteiger partial charge in [-0.25, -0.2) is 0 Å². The van der Waals surface area contributed by atoms with Crippen molar-refractivity contribution in [2.24, 2.45) is 5.92 Å². The first-order valence-electron chi connectivity index (χ1n) is 11.1. The van der Waals surface area contributed by atoms with Crippen molar-refractivity contribution in [3.63, 3.8) is 0 Å². The molecule has 4 aromatic rings. The minimum Gasteiger partial charge on any atom is -0.319 e. The number of Topliss-reactive ketones (excluding diaryl/α,β-unsaturated/α-hetero) is 1. The van der Waals surface area contributed by atoms with Gasteiger partial charge in [0.25, 0.3) is 5.91 Å². The number of amides is 1. The lowest BCUT2D eigenvalue weighted by molar-refractivity contribution is -0.135. The van der Waals surface area contributed by atoms with E-state index in [1.165, 1.54) is 0 Å². The van der Waals surface area contributed by atoms with Crippen LogP contribution < -0.4 is 5.32 Å². The fourth-order valence-electron chi connectivity index (χ4n) is 3.62. The Bertz CT molecular complexity index is 1380. The summed E-state index contributed by atoms with van der Waals surface area (Å²) in [7, 11) is 0. The summed E-state index contributed by atoms with van der Waals surface area (Å²) in [5.41, 5.74) is 3.93. The van der Waals surface area contributed by atoms with Gasteiger partial charge in [0.1, 0.15) is 0 Å². The van der Waals surface area contributed by atoms with Crippen LogP contribution in [0, 0.1) is 5.92 Å². The van der Waals surface area contributed by atoms with Crippen LogP contribution in [0.2, 0.25) is 0 Å². The van der Waals surface area contributed by atoms with Crippen molar-refractivity contribution in [2.75, 3.05) is 5.32 Å². The van der Waals surface area contributed by atoms with Crippen molar-refractivity contribution in [3.8, 4) is 0 Å². The van der Waals surface area contributed by atoms with Crippen LogP contribution in [0.4, 0.5) is 5.69 Å². The van der Waals surface area contributed by atoms with Crippen LogP contribution in [0.25, 0.3) is 23.1 Å². The molecule has 34 heavy (non-hydrogen) atoms. The van der Waals surface area contributed by atoms with Crippen LogP contribution in [0.15, 0.2) is 72.8 Å². The Morgan fingerprint density at radius 3 is 2.44 bits per heavy atom. The molecule has 0 bridgehead atoms. The lowest BCUT2D eigenvalue weighted by Crippen LogP contribution is -2.24. The molecule has 0 aliphatic heterocycles. The van der Waals surface area contributed by atoms with Gasteiger partial charge in [-0.2, -0.15) is 5.10 Å². The summed E-state index contributed by atoms with van der Waals surface area (Å²) in [6.45, 7) is 3.76. The quantitative estimate of drug-likeness (QED) is 0.273. The summed E-state index contributed by atoms with van der Waals surface area (Å²) < 4.78 is 0. The molecule has 0 unspecified atom stereocenters. The number of nitrogens with zero attached hydrogens (tertiary/aromatic N) is 1. The van der Waals surface area contributed by atoms with E-state index >= 15 is 0 Å². The largest absolute Gasteiger partial charge is 0.319 e. The van der Waals surface area contributed by atoms with Gasteiger partial charge in [0.05, 0.1) is 11.2 Å². The van der Waals surface area contributed by atoms with Crippen molar-refractivity contribution < 1.29 is 14.4 Å². The van der Waals surface area contributed by atoms with E-state index in [9.17, 15) is 14.4 Å². The molecule has 4 rings (SSSR count). The van der Waals surface area contributed by atoms with Crippen LogP contribution in [0.5, 0.6) is 0 Å². The molecule has 1 amide bonds. The van der Waals surface area contributed by atoms with Gasteiger partial charge < -0.3 is 5.32 Å². The molecule has 1 aromatic heterocycles. The third-order valence-electron chi connectivity index (χ3n) is 5.32. The topological polar surface area (TPSA) is 91.9 Å². The van der Waals surface area contributed by atoms with Gasteiger partial charge in [-0.05, 0) is 41.8 Å². The lowest BCUT2D eigenvalue weighted by atomic mass is 10.0. The number of ketones is 2. The highest BCUT2D eigenvalue weighted by Crippen LogP contribution is 2.22. The van der Waals surface area contributed by atoms with Crippen molar-refractivity contribution in [1.29, 1.82) is 0 Å². The average molecular weight is 452 g/mol. The predicted molar refractivity (Wildman–Crippen MR) is 134 cm³/mol. The monoisotopic (exact) mass is 451 g/mol. The van der Waals surface area contributed by atoms with Crippen molar-refractivity contribution >= 4 is 46.2 Å². The number of hydrogen-bond acceptors (Lipinski definition) is 4. The van der Waals surface area contributed by atoms with Crippen molar-refractivity contribution in [1.82, 2.24) is 10.2 Å². The number of anilines is 1. The van der Waals surface area contributed by atoms with Crippen LogP contribution in [0.1, 0.15) is 47.4 Å². The van der Waals surface area contributed by atoms with Crippen LogP contribution >= 0.6 is 0 Å². The maximum Gasteiger partial charge on any atom is 0.291 e. The van der Waals surface area contributed by atoms with E-state index in [1.807, 2.05) is 62.4 Å². The summed E-state index contributed by atoms with van der Waals surface area (Å²) in [4.78, 5) is 37.2. The molecule has 0 aliphatic carbocycles. The zero-order chi connectivity index (χ0) is 24.1. The Hall–Kier alpha value is -4.32. The molecule has 2 N–H and O–H groups in total.